The molecular weight excluding hydrogens is 210 g/mol. The van der Waals surface area contributed by atoms with Gasteiger partial charge < -0.3 is 5.73 Å². The van der Waals surface area contributed by atoms with Crippen molar-refractivity contribution < 1.29 is 0 Å². The summed E-state index contributed by atoms with van der Waals surface area (Å²) in [5.74, 6) is 0.769. The largest absolute Gasteiger partial charge is 0.397 e. The first-order valence-electron chi connectivity index (χ1n) is 4.43. The van der Waals surface area contributed by atoms with E-state index in [4.69, 9.17) is 5.73 Å². The molecule has 0 saturated carbocycles. The van der Waals surface area contributed by atoms with Crippen LogP contribution in [0.4, 0.5) is 5.69 Å². The Balaban J connectivity index is 1.96. The van der Waals surface area contributed by atoms with Crippen LogP contribution in [0.3, 0.4) is 0 Å². The fraction of sp³-hybridized carbons (Fsp3) is 0.222. The molecule has 2 aromatic heterocycles. The van der Waals surface area contributed by atoms with Crippen LogP contribution in [0, 0.1) is 0 Å². The summed E-state index contributed by atoms with van der Waals surface area (Å²) in [4.78, 5) is 4.18. The van der Waals surface area contributed by atoms with Gasteiger partial charge in [0, 0.05) is 19.0 Å². The maximum atomic E-state index is 5.54. The standard InChI is InChI=1S/C9H11N5S/c1-14-5-8(12-13-14)6-15-9-3-2-7(10)4-11-9/h2-5H,6,10H2,1H3. The number of hydrogen-bond donors (Lipinski definition) is 1. The average Bonchev–Trinajstić information content (AvgIpc) is 2.64. The molecule has 0 aliphatic rings. The second kappa shape index (κ2) is 4.31. The van der Waals surface area contributed by atoms with Gasteiger partial charge in [-0.2, -0.15) is 0 Å². The highest BCUT2D eigenvalue weighted by Gasteiger charge is 2.00. The van der Waals surface area contributed by atoms with E-state index in [-0.39, 0.29) is 0 Å². The molecule has 0 unspecified atom stereocenters. The smallest absolute Gasteiger partial charge is 0.0965 e. The lowest BCUT2D eigenvalue weighted by molar-refractivity contribution is 0.714. The minimum absolute atomic E-state index is 0.679. The van der Waals surface area contributed by atoms with E-state index in [1.165, 1.54) is 0 Å². The molecule has 0 aliphatic carbocycles. The van der Waals surface area contributed by atoms with Crippen LogP contribution >= 0.6 is 11.8 Å². The Kier molecular flexibility index (Phi) is 2.86. The van der Waals surface area contributed by atoms with Gasteiger partial charge in [0.05, 0.1) is 22.6 Å². The number of anilines is 1. The van der Waals surface area contributed by atoms with Crippen LogP contribution in [0.1, 0.15) is 5.69 Å². The molecule has 0 atom stereocenters. The molecule has 0 bridgehead atoms. The van der Waals surface area contributed by atoms with E-state index in [0.29, 0.717) is 5.69 Å². The Morgan fingerprint density at radius 3 is 2.93 bits per heavy atom. The Morgan fingerprint density at radius 1 is 1.47 bits per heavy atom. The van der Waals surface area contributed by atoms with Crippen molar-refractivity contribution in [3.05, 3.63) is 30.2 Å². The Bertz CT molecular complexity index is 436. The highest BCUT2D eigenvalue weighted by molar-refractivity contribution is 7.98. The summed E-state index contributed by atoms with van der Waals surface area (Å²) in [6, 6.07) is 3.74. The third-order valence-corrected chi connectivity index (χ3v) is 2.75. The number of rotatable bonds is 3. The van der Waals surface area contributed by atoms with E-state index in [9.17, 15) is 0 Å². The van der Waals surface area contributed by atoms with Crippen LogP contribution in [-0.2, 0) is 12.8 Å². The van der Waals surface area contributed by atoms with E-state index in [1.54, 1.807) is 22.6 Å². The molecule has 0 saturated heterocycles. The number of aromatic nitrogens is 4. The molecule has 2 heterocycles. The predicted molar refractivity (Wildman–Crippen MR) is 59.2 cm³/mol. The third-order valence-electron chi connectivity index (χ3n) is 1.78. The average molecular weight is 221 g/mol. The van der Waals surface area contributed by atoms with Crippen molar-refractivity contribution in [1.29, 1.82) is 0 Å². The van der Waals surface area contributed by atoms with Gasteiger partial charge in [0.15, 0.2) is 0 Å². The maximum Gasteiger partial charge on any atom is 0.0965 e. The van der Waals surface area contributed by atoms with Crippen LogP contribution in [0.5, 0.6) is 0 Å². The molecule has 5 nitrogen and oxygen atoms in total. The van der Waals surface area contributed by atoms with Crippen molar-refractivity contribution in [2.75, 3.05) is 5.73 Å². The molecule has 2 rings (SSSR count). The lowest BCUT2D eigenvalue weighted by atomic mass is 10.4. The van der Waals surface area contributed by atoms with Crippen LogP contribution in [-0.4, -0.2) is 20.0 Å². The molecule has 2 N–H and O–H groups in total. The number of pyridine rings is 1. The van der Waals surface area contributed by atoms with Crippen molar-refractivity contribution in [3.8, 4) is 0 Å². The second-order valence-corrected chi connectivity index (χ2v) is 4.10. The lowest BCUT2D eigenvalue weighted by Crippen LogP contribution is -1.87. The van der Waals surface area contributed by atoms with Crippen molar-refractivity contribution in [3.63, 3.8) is 0 Å². The van der Waals surface area contributed by atoms with Gasteiger partial charge >= 0.3 is 0 Å². The van der Waals surface area contributed by atoms with Gasteiger partial charge in [-0.3, -0.25) is 4.68 Å². The van der Waals surface area contributed by atoms with E-state index < -0.39 is 0 Å². The van der Waals surface area contributed by atoms with Crippen molar-refractivity contribution in [2.24, 2.45) is 7.05 Å². The minimum atomic E-state index is 0.679. The normalized spacial score (nSPS) is 10.5. The molecular formula is C9H11N5S. The van der Waals surface area contributed by atoms with Crippen molar-refractivity contribution >= 4 is 17.4 Å². The van der Waals surface area contributed by atoms with Crippen LogP contribution in [0.15, 0.2) is 29.6 Å². The summed E-state index contributed by atoms with van der Waals surface area (Å²) in [6.07, 6.45) is 3.54. The van der Waals surface area contributed by atoms with E-state index in [0.717, 1.165) is 16.5 Å². The number of thioether (sulfide) groups is 1. The number of nitrogens with two attached hydrogens (primary N) is 1. The number of aryl methyl sites for hydroxylation is 1. The van der Waals surface area contributed by atoms with Gasteiger partial charge in [-0.15, -0.1) is 5.10 Å². The SMILES string of the molecule is Cn1cc(CSc2ccc(N)cn2)nn1. The monoisotopic (exact) mass is 221 g/mol. The minimum Gasteiger partial charge on any atom is -0.397 e. The topological polar surface area (TPSA) is 69.6 Å². The van der Waals surface area contributed by atoms with Gasteiger partial charge in [0.25, 0.3) is 0 Å². The quantitative estimate of drug-likeness (QED) is 0.785. The highest BCUT2D eigenvalue weighted by atomic mass is 32.2. The molecule has 15 heavy (non-hydrogen) atoms. The molecule has 2 aromatic rings. The van der Waals surface area contributed by atoms with E-state index in [1.807, 2.05) is 25.4 Å². The summed E-state index contributed by atoms with van der Waals surface area (Å²) in [5, 5.41) is 8.78. The van der Waals surface area contributed by atoms with Crippen LogP contribution in [0.25, 0.3) is 0 Å². The van der Waals surface area contributed by atoms with E-state index in [2.05, 4.69) is 15.3 Å². The first-order valence-corrected chi connectivity index (χ1v) is 5.42. The second-order valence-electron chi connectivity index (χ2n) is 3.10. The van der Waals surface area contributed by atoms with Crippen LogP contribution < -0.4 is 5.73 Å². The molecule has 0 aromatic carbocycles. The van der Waals surface area contributed by atoms with Gasteiger partial charge in [-0.05, 0) is 12.1 Å². The van der Waals surface area contributed by atoms with Gasteiger partial charge in [-0.25, -0.2) is 4.98 Å². The Labute approximate surface area is 91.7 Å². The number of hydrogen-bond acceptors (Lipinski definition) is 5. The first-order chi connectivity index (χ1) is 7.24. The zero-order valence-electron chi connectivity index (χ0n) is 8.29. The summed E-state index contributed by atoms with van der Waals surface area (Å²) in [5.41, 5.74) is 7.16. The molecule has 0 aliphatic heterocycles. The summed E-state index contributed by atoms with van der Waals surface area (Å²) < 4.78 is 1.69. The first kappa shape index (κ1) is 9.97. The molecule has 0 spiro atoms. The van der Waals surface area contributed by atoms with Gasteiger partial charge in [-0.1, -0.05) is 17.0 Å². The third kappa shape index (κ3) is 2.69. The molecule has 6 heteroatoms. The van der Waals surface area contributed by atoms with Crippen molar-refractivity contribution in [1.82, 2.24) is 20.0 Å². The maximum absolute atomic E-state index is 5.54. The fourth-order valence-electron chi connectivity index (χ4n) is 1.09. The molecule has 78 valence electrons. The summed E-state index contributed by atoms with van der Waals surface area (Å²) >= 11 is 1.61. The zero-order chi connectivity index (χ0) is 10.7. The molecule has 0 fully saturated rings. The Hall–Kier alpha value is -1.56. The Morgan fingerprint density at radius 2 is 2.33 bits per heavy atom. The van der Waals surface area contributed by atoms with Gasteiger partial charge in [0.1, 0.15) is 0 Å². The van der Waals surface area contributed by atoms with E-state index >= 15 is 0 Å². The zero-order valence-corrected chi connectivity index (χ0v) is 9.11. The van der Waals surface area contributed by atoms with Crippen molar-refractivity contribution in [2.45, 2.75) is 10.8 Å². The summed E-state index contributed by atoms with van der Waals surface area (Å²) in [7, 11) is 1.85. The number of nitrogens with zero attached hydrogens (tertiary/aromatic N) is 4. The highest BCUT2D eigenvalue weighted by Crippen LogP contribution is 2.19. The number of nitrogen functional groups attached to an aromatic ring is 1. The van der Waals surface area contributed by atoms with Gasteiger partial charge in [0.2, 0.25) is 0 Å². The molecule has 0 radical (unpaired) electrons. The lowest BCUT2D eigenvalue weighted by Gasteiger charge is -1.97. The predicted octanol–water partition coefficient (Wildman–Crippen LogP) is 1.08. The fourth-order valence-corrected chi connectivity index (χ4v) is 1.81. The summed E-state index contributed by atoms with van der Waals surface area (Å²) in [6.45, 7) is 0. The molecule has 0 amide bonds. The van der Waals surface area contributed by atoms with Crippen LogP contribution in [0.2, 0.25) is 0 Å².